The minimum atomic E-state index is -0.0628. The fraction of sp³-hybridized carbons (Fsp3) is 0.0500. The van der Waals surface area contributed by atoms with Crippen LogP contribution in [0.15, 0.2) is 66.9 Å². The van der Waals surface area contributed by atoms with Crippen molar-refractivity contribution in [2.75, 3.05) is 5.32 Å². The number of para-hydroxylation sites is 1. The van der Waals surface area contributed by atoms with E-state index in [0.717, 1.165) is 16.8 Å². The molecule has 0 fully saturated rings. The number of rotatable bonds is 4. The lowest BCUT2D eigenvalue weighted by atomic mass is 9.99. The number of aromatic nitrogens is 3. The first-order valence-electron chi connectivity index (χ1n) is 7.99. The molecule has 5 heteroatoms. The molecule has 2 aromatic carbocycles. The number of nitrogens with zero attached hydrogens (tertiary/aromatic N) is 2. The van der Waals surface area contributed by atoms with Crippen LogP contribution in [0.1, 0.15) is 21.6 Å². The van der Waals surface area contributed by atoms with Crippen molar-refractivity contribution in [3.63, 3.8) is 0 Å². The molecular formula is C20H16N4O. The van der Waals surface area contributed by atoms with E-state index in [-0.39, 0.29) is 5.78 Å². The maximum Gasteiger partial charge on any atom is 0.196 e. The van der Waals surface area contributed by atoms with Crippen molar-refractivity contribution in [3.05, 3.63) is 83.7 Å². The molecule has 0 atom stereocenters. The minimum Gasteiger partial charge on any atom is -0.354 e. The summed E-state index contributed by atoms with van der Waals surface area (Å²) in [4.78, 5) is 17.6. The second-order valence-corrected chi connectivity index (χ2v) is 5.77. The predicted octanol–water partition coefficient (Wildman–Crippen LogP) is 4.24. The van der Waals surface area contributed by atoms with E-state index in [2.05, 4.69) is 20.5 Å². The molecule has 0 saturated carbocycles. The van der Waals surface area contributed by atoms with Crippen LogP contribution < -0.4 is 5.32 Å². The summed E-state index contributed by atoms with van der Waals surface area (Å²) in [6.07, 6.45) is 1.69. The Kier molecular flexibility index (Phi) is 3.74. The molecule has 2 N–H and O–H groups in total. The van der Waals surface area contributed by atoms with E-state index in [9.17, 15) is 4.79 Å². The van der Waals surface area contributed by atoms with E-state index in [1.54, 1.807) is 6.20 Å². The molecule has 0 spiro atoms. The molecule has 0 aliphatic carbocycles. The van der Waals surface area contributed by atoms with Crippen molar-refractivity contribution >= 4 is 28.2 Å². The molecule has 5 nitrogen and oxygen atoms in total. The fourth-order valence-electron chi connectivity index (χ4n) is 2.89. The zero-order chi connectivity index (χ0) is 17.2. The Hall–Kier alpha value is -3.47. The molecule has 0 radical (unpaired) electrons. The second kappa shape index (κ2) is 6.20. The maximum absolute atomic E-state index is 13.1. The quantitative estimate of drug-likeness (QED) is 0.550. The van der Waals surface area contributed by atoms with Crippen molar-refractivity contribution in [2.45, 2.75) is 6.92 Å². The number of pyridine rings is 1. The Bertz CT molecular complexity index is 1040. The van der Waals surface area contributed by atoms with Gasteiger partial charge in [0.15, 0.2) is 11.4 Å². The van der Waals surface area contributed by atoms with Gasteiger partial charge in [-0.15, -0.1) is 0 Å². The lowest BCUT2D eigenvalue weighted by Crippen LogP contribution is -2.09. The Morgan fingerprint density at radius 3 is 2.40 bits per heavy atom. The Morgan fingerprint density at radius 2 is 1.68 bits per heavy atom. The number of nitrogens with one attached hydrogen (secondary N) is 2. The smallest absolute Gasteiger partial charge is 0.196 e. The summed E-state index contributed by atoms with van der Waals surface area (Å²) in [7, 11) is 0. The third kappa shape index (κ3) is 2.76. The third-order valence-corrected chi connectivity index (χ3v) is 4.09. The second-order valence-electron chi connectivity index (χ2n) is 5.77. The molecule has 4 aromatic rings. The van der Waals surface area contributed by atoms with Crippen LogP contribution in [0, 0.1) is 6.92 Å². The normalized spacial score (nSPS) is 10.8. The number of benzene rings is 2. The van der Waals surface area contributed by atoms with E-state index in [4.69, 9.17) is 0 Å². The van der Waals surface area contributed by atoms with Crippen molar-refractivity contribution in [1.29, 1.82) is 0 Å². The number of hydrogen-bond donors (Lipinski definition) is 2. The van der Waals surface area contributed by atoms with Gasteiger partial charge in [0.1, 0.15) is 0 Å². The van der Waals surface area contributed by atoms with Gasteiger partial charge in [-0.3, -0.25) is 9.89 Å². The zero-order valence-corrected chi connectivity index (χ0v) is 13.7. The summed E-state index contributed by atoms with van der Waals surface area (Å²) in [6.45, 7) is 1.84. The number of carbonyl (C=O) groups is 1. The Labute approximate surface area is 144 Å². The number of aromatic amines is 1. The third-order valence-electron chi connectivity index (χ3n) is 4.09. The largest absolute Gasteiger partial charge is 0.354 e. The van der Waals surface area contributed by atoms with Gasteiger partial charge in [0.05, 0.1) is 28.5 Å². The van der Waals surface area contributed by atoms with E-state index in [0.29, 0.717) is 22.5 Å². The molecule has 0 amide bonds. The van der Waals surface area contributed by atoms with Crippen molar-refractivity contribution in [2.24, 2.45) is 0 Å². The molecular weight excluding hydrogens is 312 g/mol. The minimum absolute atomic E-state index is 0.0628. The van der Waals surface area contributed by atoms with Crippen LogP contribution >= 0.6 is 0 Å². The van der Waals surface area contributed by atoms with Gasteiger partial charge in [0, 0.05) is 11.3 Å². The van der Waals surface area contributed by atoms with E-state index >= 15 is 0 Å². The molecule has 0 unspecified atom stereocenters. The first-order chi connectivity index (χ1) is 12.2. The van der Waals surface area contributed by atoms with Gasteiger partial charge in [-0.25, -0.2) is 4.98 Å². The average Bonchev–Trinajstić information content (AvgIpc) is 3.11. The average molecular weight is 328 g/mol. The molecule has 0 bridgehead atoms. The molecule has 2 heterocycles. The summed E-state index contributed by atoms with van der Waals surface area (Å²) in [6, 6.07) is 19.0. The van der Waals surface area contributed by atoms with Crippen molar-refractivity contribution in [1.82, 2.24) is 15.2 Å². The molecule has 122 valence electrons. The molecule has 4 rings (SSSR count). The van der Waals surface area contributed by atoms with Gasteiger partial charge >= 0.3 is 0 Å². The fourth-order valence-corrected chi connectivity index (χ4v) is 2.89. The lowest BCUT2D eigenvalue weighted by Gasteiger charge is -2.14. The van der Waals surface area contributed by atoms with Gasteiger partial charge < -0.3 is 5.32 Å². The van der Waals surface area contributed by atoms with Crippen LogP contribution in [0.4, 0.5) is 11.4 Å². The lowest BCUT2D eigenvalue weighted by molar-refractivity contribution is 0.103. The van der Waals surface area contributed by atoms with Gasteiger partial charge in [-0.1, -0.05) is 48.5 Å². The van der Waals surface area contributed by atoms with E-state index in [1.165, 1.54) is 0 Å². The summed E-state index contributed by atoms with van der Waals surface area (Å²) in [5.74, 6) is -0.0628. The van der Waals surface area contributed by atoms with Gasteiger partial charge in [0.2, 0.25) is 0 Å². The number of ketones is 1. The standard InChI is InChI=1S/C20H16N4O/c1-13-17(19(25)14-8-4-2-5-9-14)18(16-12-21-24-20(16)22-13)23-15-10-6-3-7-11-15/h2-12H,1H3,(H2,21,22,23,24). The van der Waals surface area contributed by atoms with Crippen LogP contribution in [0.25, 0.3) is 11.0 Å². The highest BCUT2D eigenvalue weighted by Gasteiger charge is 2.21. The molecule has 0 saturated heterocycles. The number of hydrogen-bond acceptors (Lipinski definition) is 4. The number of fused-ring (bicyclic) bond motifs is 1. The predicted molar refractivity (Wildman–Crippen MR) is 98.2 cm³/mol. The highest BCUT2D eigenvalue weighted by atomic mass is 16.1. The SMILES string of the molecule is Cc1nc2[nH]ncc2c(Nc2ccccc2)c1C(=O)c1ccccc1. The highest BCUT2D eigenvalue weighted by molar-refractivity contribution is 6.16. The van der Waals surface area contributed by atoms with E-state index < -0.39 is 0 Å². The highest BCUT2D eigenvalue weighted by Crippen LogP contribution is 2.31. The number of H-pyrrole nitrogens is 1. The van der Waals surface area contributed by atoms with Crippen LogP contribution in [-0.2, 0) is 0 Å². The van der Waals surface area contributed by atoms with Crippen molar-refractivity contribution in [3.8, 4) is 0 Å². The van der Waals surface area contributed by atoms with Crippen LogP contribution in [0.5, 0.6) is 0 Å². The van der Waals surface area contributed by atoms with Gasteiger partial charge in [0.25, 0.3) is 0 Å². The first kappa shape index (κ1) is 15.1. The summed E-state index contributed by atoms with van der Waals surface area (Å²) >= 11 is 0. The number of anilines is 2. The van der Waals surface area contributed by atoms with E-state index in [1.807, 2.05) is 67.6 Å². The maximum atomic E-state index is 13.1. The van der Waals surface area contributed by atoms with Gasteiger partial charge in [-0.05, 0) is 19.1 Å². The summed E-state index contributed by atoms with van der Waals surface area (Å²) in [5, 5.41) is 11.1. The number of aryl methyl sites for hydroxylation is 1. The Balaban J connectivity index is 1.92. The molecule has 25 heavy (non-hydrogen) atoms. The van der Waals surface area contributed by atoms with Crippen LogP contribution in [0.2, 0.25) is 0 Å². The molecule has 0 aliphatic rings. The molecule has 2 aromatic heterocycles. The summed E-state index contributed by atoms with van der Waals surface area (Å²) < 4.78 is 0. The topological polar surface area (TPSA) is 70.7 Å². The van der Waals surface area contributed by atoms with Crippen LogP contribution in [-0.4, -0.2) is 21.0 Å². The van der Waals surface area contributed by atoms with Crippen LogP contribution in [0.3, 0.4) is 0 Å². The summed E-state index contributed by atoms with van der Waals surface area (Å²) in [5.41, 5.74) is 4.12. The zero-order valence-electron chi connectivity index (χ0n) is 13.7. The first-order valence-corrected chi connectivity index (χ1v) is 7.99. The van der Waals surface area contributed by atoms with Gasteiger partial charge in [-0.2, -0.15) is 5.10 Å². The van der Waals surface area contributed by atoms with Crippen molar-refractivity contribution < 1.29 is 4.79 Å². The Morgan fingerprint density at radius 1 is 1.00 bits per heavy atom. The number of carbonyl (C=O) groups excluding carboxylic acids is 1. The monoisotopic (exact) mass is 328 g/mol. The molecule has 0 aliphatic heterocycles.